The van der Waals surface area contributed by atoms with E-state index >= 15 is 0 Å². The minimum Gasteiger partial charge on any atom is -0.351 e. The zero-order valence-corrected chi connectivity index (χ0v) is 13.6. The lowest BCUT2D eigenvalue weighted by atomic mass is 10.2. The smallest absolute Gasteiger partial charge is 0.262 e. The average molecular weight is 308 g/mol. The second kappa shape index (κ2) is 6.36. The molecule has 0 aliphatic heterocycles. The lowest BCUT2D eigenvalue weighted by Crippen LogP contribution is -2.27. The minimum absolute atomic E-state index is 0.111. The zero-order valence-electron chi connectivity index (χ0n) is 12.8. The van der Waals surface area contributed by atoms with Crippen LogP contribution in [0.15, 0.2) is 11.1 Å². The van der Waals surface area contributed by atoms with Crippen molar-refractivity contribution >= 4 is 27.5 Å². The van der Waals surface area contributed by atoms with E-state index in [1.54, 1.807) is 14.0 Å². The van der Waals surface area contributed by atoms with Gasteiger partial charge in [0.1, 0.15) is 4.83 Å². The normalized spacial score (nSPS) is 11.3. The van der Waals surface area contributed by atoms with Crippen molar-refractivity contribution in [2.45, 2.75) is 13.3 Å². The summed E-state index contributed by atoms with van der Waals surface area (Å²) in [5.74, 6) is -0.128. The topological polar surface area (TPSA) is 67.2 Å². The number of carbonyl (C=O) groups is 1. The summed E-state index contributed by atoms with van der Waals surface area (Å²) in [4.78, 5) is 31.8. The lowest BCUT2D eigenvalue weighted by molar-refractivity contribution is 0.0956. The van der Waals surface area contributed by atoms with E-state index in [4.69, 9.17) is 0 Å². The van der Waals surface area contributed by atoms with Gasteiger partial charge in [-0.1, -0.05) is 0 Å². The van der Waals surface area contributed by atoms with Crippen molar-refractivity contribution in [3.05, 3.63) is 27.1 Å². The molecule has 1 amide bonds. The second-order valence-corrected chi connectivity index (χ2v) is 6.31. The summed E-state index contributed by atoms with van der Waals surface area (Å²) >= 11 is 1.27. The van der Waals surface area contributed by atoms with Crippen molar-refractivity contribution in [1.29, 1.82) is 0 Å². The van der Waals surface area contributed by atoms with Crippen LogP contribution in [-0.2, 0) is 7.05 Å². The molecule has 114 valence electrons. The van der Waals surface area contributed by atoms with Crippen LogP contribution in [0.3, 0.4) is 0 Å². The van der Waals surface area contributed by atoms with E-state index in [9.17, 15) is 9.59 Å². The Morgan fingerprint density at radius 2 is 2.19 bits per heavy atom. The molecule has 0 aliphatic carbocycles. The average Bonchev–Trinajstić information content (AvgIpc) is 2.76. The molecule has 2 rings (SSSR count). The molecule has 0 radical (unpaired) electrons. The maximum atomic E-state index is 12.2. The summed E-state index contributed by atoms with van der Waals surface area (Å²) in [7, 11) is 5.66. The molecular formula is C14H20N4O2S. The number of carbonyl (C=O) groups excluding carboxylic acids is 1. The van der Waals surface area contributed by atoms with Gasteiger partial charge in [-0.05, 0) is 39.5 Å². The Balaban J connectivity index is 2.19. The predicted molar refractivity (Wildman–Crippen MR) is 85.1 cm³/mol. The molecule has 0 saturated carbocycles. The summed E-state index contributed by atoms with van der Waals surface area (Å²) in [5.41, 5.74) is 0.606. The first-order valence-corrected chi connectivity index (χ1v) is 7.61. The summed E-state index contributed by atoms with van der Waals surface area (Å²) in [6.45, 7) is 3.35. The number of nitrogens with zero attached hydrogens (tertiary/aromatic N) is 3. The summed E-state index contributed by atoms with van der Waals surface area (Å²) in [5, 5.41) is 3.44. The minimum atomic E-state index is -0.128. The highest BCUT2D eigenvalue weighted by molar-refractivity contribution is 7.20. The Morgan fingerprint density at radius 3 is 2.86 bits per heavy atom. The third-order valence-corrected chi connectivity index (χ3v) is 4.48. The number of aromatic nitrogens is 2. The van der Waals surface area contributed by atoms with Crippen LogP contribution in [0.5, 0.6) is 0 Å². The van der Waals surface area contributed by atoms with Crippen molar-refractivity contribution in [3.8, 4) is 0 Å². The van der Waals surface area contributed by atoms with E-state index in [0.717, 1.165) is 13.0 Å². The van der Waals surface area contributed by atoms with Crippen LogP contribution in [0.1, 0.15) is 21.7 Å². The van der Waals surface area contributed by atoms with Gasteiger partial charge in [0.25, 0.3) is 11.5 Å². The van der Waals surface area contributed by atoms with Crippen LogP contribution in [0.4, 0.5) is 0 Å². The van der Waals surface area contributed by atoms with Gasteiger partial charge in [0.05, 0.1) is 16.6 Å². The van der Waals surface area contributed by atoms with Gasteiger partial charge in [-0.15, -0.1) is 11.3 Å². The highest BCUT2D eigenvalue weighted by atomic mass is 32.1. The molecule has 0 bridgehead atoms. The Bertz CT molecular complexity index is 718. The van der Waals surface area contributed by atoms with Gasteiger partial charge in [0, 0.05) is 13.6 Å². The molecule has 0 saturated heterocycles. The molecule has 21 heavy (non-hydrogen) atoms. The SMILES string of the molecule is Cc1c(C(=O)NCCCN(C)C)sc2ncn(C)c(=O)c12. The largest absolute Gasteiger partial charge is 0.351 e. The van der Waals surface area contributed by atoms with Crippen molar-refractivity contribution in [1.82, 2.24) is 19.8 Å². The quantitative estimate of drug-likeness (QED) is 0.836. The summed E-state index contributed by atoms with van der Waals surface area (Å²) in [6, 6.07) is 0. The van der Waals surface area contributed by atoms with Crippen molar-refractivity contribution < 1.29 is 4.79 Å². The molecular weight excluding hydrogens is 288 g/mol. The van der Waals surface area contributed by atoms with Crippen molar-refractivity contribution in [3.63, 3.8) is 0 Å². The number of aryl methyl sites for hydroxylation is 2. The van der Waals surface area contributed by atoms with E-state index in [2.05, 4.69) is 15.2 Å². The fourth-order valence-corrected chi connectivity index (χ4v) is 3.16. The van der Waals surface area contributed by atoms with Gasteiger partial charge in [0.15, 0.2) is 0 Å². The molecule has 0 fully saturated rings. The van der Waals surface area contributed by atoms with Gasteiger partial charge in [-0.2, -0.15) is 0 Å². The molecule has 2 aromatic heterocycles. The summed E-state index contributed by atoms with van der Waals surface area (Å²) < 4.78 is 1.43. The van der Waals surface area contributed by atoms with Crippen LogP contribution >= 0.6 is 11.3 Å². The number of thiophene rings is 1. The first-order chi connectivity index (χ1) is 9.91. The lowest BCUT2D eigenvalue weighted by Gasteiger charge is -2.09. The monoisotopic (exact) mass is 308 g/mol. The van der Waals surface area contributed by atoms with E-state index in [-0.39, 0.29) is 11.5 Å². The third-order valence-electron chi connectivity index (χ3n) is 3.28. The summed E-state index contributed by atoms with van der Waals surface area (Å²) in [6.07, 6.45) is 2.38. The Morgan fingerprint density at radius 1 is 1.48 bits per heavy atom. The van der Waals surface area contributed by atoms with Gasteiger partial charge >= 0.3 is 0 Å². The Kier molecular flexibility index (Phi) is 4.74. The Hall–Kier alpha value is -1.73. The van der Waals surface area contributed by atoms with Crippen molar-refractivity contribution in [2.75, 3.05) is 27.2 Å². The van der Waals surface area contributed by atoms with E-state index in [1.807, 2.05) is 14.1 Å². The first kappa shape index (κ1) is 15.7. The van der Waals surface area contributed by atoms with Crippen LogP contribution in [-0.4, -0.2) is 47.5 Å². The van der Waals surface area contributed by atoms with Gasteiger partial charge in [0.2, 0.25) is 0 Å². The molecule has 6 nitrogen and oxygen atoms in total. The zero-order chi connectivity index (χ0) is 15.6. The van der Waals surface area contributed by atoms with Gasteiger partial charge in [-0.3, -0.25) is 9.59 Å². The molecule has 0 spiro atoms. The van der Waals surface area contributed by atoms with Crippen LogP contribution < -0.4 is 10.9 Å². The number of rotatable bonds is 5. The second-order valence-electron chi connectivity index (χ2n) is 5.31. The fraction of sp³-hybridized carbons (Fsp3) is 0.500. The number of fused-ring (bicyclic) bond motifs is 1. The van der Waals surface area contributed by atoms with E-state index in [1.165, 1.54) is 22.2 Å². The molecule has 0 atom stereocenters. The molecule has 0 aliphatic rings. The number of amides is 1. The van der Waals surface area contributed by atoms with Crippen molar-refractivity contribution in [2.24, 2.45) is 7.05 Å². The maximum absolute atomic E-state index is 12.2. The first-order valence-electron chi connectivity index (χ1n) is 6.79. The predicted octanol–water partition coefficient (Wildman–Crippen LogP) is 0.985. The molecule has 1 N–H and O–H groups in total. The van der Waals surface area contributed by atoms with Crippen LogP contribution in [0.25, 0.3) is 10.2 Å². The fourth-order valence-electron chi connectivity index (χ4n) is 2.10. The van der Waals surface area contributed by atoms with Gasteiger partial charge < -0.3 is 14.8 Å². The number of nitrogens with one attached hydrogen (secondary N) is 1. The highest BCUT2D eigenvalue weighted by Crippen LogP contribution is 2.26. The number of hydrogen-bond donors (Lipinski definition) is 1. The Labute approximate surface area is 127 Å². The third kappa shape index (κ3) is 3.30. The molecule has 2 heterocycles. The maximum Gasteiger partial charge on any atom is 0.262 e. The van der Waals surface area contributed by atoms with E-state index in [0.29, 0.717) is 27.2 Å². The molecule has 7 heteroatoms. The standard InChI is InChI=1S/C14H20N4O2S/c1-9-10-13(16-8-18(4)14(10)20)21-11(9)12(19)15-6-5-7-17(2)3/h8H,5-7H2,1-4H3,(H,15,19). The molecule has 0 unspecified atom stereocenters. The van der Waals surface area contributed by atoms with Crippen LogP contribution in [0.2, 0.25) is 0 Å². The number of hydrogen-bond acceptors (Lipinski definition) is 5. The molecule has 2 aromatic rings. The van der Waals surface area contributed by atoms with Gasteiger partial charge in [-0.25, -0.2) is 4.98 Å². The molecule has 0 aromatic carbocycles. The highest BCUT2D eigenvalue weighted by Gasteiger charge is 2.18. The van der Waals surface area contributed by atoms with E-state index < -0.39 is 0 Å². The van der Waals surface area contributed by atoms with Crippen LogP contribution in [0, 0.1) is 6.92 Å².